The minimum Gasteiger partial charge on any atom is -0.493 e. The van der Waals surface area contributed by atoms with Crippen molar-refractivity contribution in [2.45, 2.75) is 244 Å². The van der Waals surface area contributed by atoms with Gasteiger partial charge >= 0.3 is 0 Å². The molecule has 16 aromatic rings. The molecule has 1 saturated carbocycles. The molecule has 4 aliphatic heterocycles. The largest absolute Gasteiger partial charge is 0.493 e. The zero-order chi connectivity index (χ0) is 104. The lowest BCUT2D eigenvalue weighted by Crippen LogP contribution is -2.27. The number of aromatic nitrogens is 4. The number of hydrogen-bond donors (Lipinski definition) is 0. The lowest BCUT2D eigenvalue weighted by atomic mass is 9.84. The van der Waals surface area contributed by atoms with Gasteiger partial charge in [-0.05, 0) is 400 Å². The Hall–Kier alpha value is -14.1. The molecule has 4 aromatic heterocycles. The van der Waals surface area contributed by atoms with Crippen LogP contribution in [0.4, 0.5) is 17.6 Å². The Morgan fingerprint density at radius 1 is 0.336 bits per heavy atom. The number of carbonyl (C=O) groups is 4. The van der Waals surface area contributed by atoms with E-state index in [-0.39, 0.29) is 34.3 Å². The van der Waals surface area contributed by atoms with Gasteiger partial charge in [-0.1, -0.05) is 78.4 Å². The normalized spacial score (nSPS) is 14.5. The van der Waals surface area contributed by atoms with Gasteiger partial charge in [0.2, 0.25) is 0 Å². The summed E-state index contributed by atoms with van der Waals surface area (Å²) in [7, 11) is 0. The van der Waals surface area contributed by atoms with Gasteiger partial charge in [0.05, 0.1) is 70.9 Å². The second-order valence-corrected chi connectivity index (χ2v) is 42.8. The van der Waals surface area contributed by atoms with Crippen molar-refractivity contribution in [3.8, 4) is 91.2 Å². The van der Waals surface area contributed by atoms with Crippen LogP contribution in [0.3, 0.4) is 0 Å². The zero-order valence-electron chi connectivity index (χ0n) is 86.8. The third-order valence-electron chi connectivity index (χ3n) is 27.1. The lowest BCUT2D eigenvalue weighted by Gasteiger charge is -2.30. The Morgan fingerprint density at radius 3 is 0.829 bits per heavy atom. The van der Waals surface area contributed by atoms with Crippen LogP contribution in [0, 0.1) is 57.3 Å². The molecule has 0 saturated heterocycles. The molecule has 0 unspecified atom stereocenters. The number of benzene rings is 12. The first-order valence-corrected chi connectivity index (χ1v) is 50.1. The summed E-state index contributed by atoms with van der Waals surface area (Å²) in [6.07, 6.45) is 4.76. The van der Waals surface area contributed by atoms with E-state index in [9.17, 15) is 36.7 Å². The van der Waals surface area contributed by atoms with Crippen molar-refractivity contribution in [1.29, 1.82) is 0 Å². The third-order valence-corrected chi connectivity index (χ3v) is 27.1. The molecule has 4 atom stereocenters. The summed E-state index contributed by atoms with van der Waals surface area (Å²) in [5.74, 6) is 16.4. The number of fused-ring (bicyclic) bond motifs is 4. The van der Waals surface area contributed by atoms with E-state index in [1.165, 1.54) is 62.1 Å². The van der Waals surface area contributed by atoms with Crippen molar-refractivity contribution >= 4 is 110 Å². The van der Waals surface area contributed by atoms with Crippen LogP contribution in [-0.4, -0.2) is 91.9 Å². The van der Waals surface area contributed by atoms with E-state index in [0.717, 1.165) is 236 Å². The Labute approximate surface area is 850 Å². The fourth-order valence-electron chi connectivity index (χ4n) is 21.0. The fraction of sp³-hybridized carbons (Fsp3) is 0.333. The lowest BCUT2D eigenvalue weighted by molar-refractivity contribution is -0.139. The van der Waals surface area contributed by atoms with Gasteiger partial charge < -0.3 is 37.9 Å². The van der Waals surface area contributed by atoms with Crippen LogP contribution in [0.2, 0.25) is 0 Å². The number of nitrogens with zero attached hydrogens (tertiary/aromatic N) is 4. The van der Waals surface area contributed by atoms with Crippen LogP contribution in [0.15, 0.2) is 195 Å². The summed E-state index contributed by atoms with van der Waals surface area (Å²) in [5.41, 5.74) is 21.8. The molecule has 21 rings (SSSR count). The number of hydrogen-bond acceptors (Lipinski definition) is 16. The van der Waals surface area contributed by atoms with Gasteiger partial charge in [-0.15, -0.1) is 5.92 Å². The maximum absolute atomic E-state index is 13.6. The third kappa shape index (κ3) is 21.0. The molecule has 20 heteroatoms. The van der Waals surface area contributed by atoms with E-state index in [0.29, 0.717) is 43.1 Å². The summed E-state index contributed by atoms with van der Waals surface area (Å²) >= 11 is 0. The highest BCUT2D eigenvalue weighted by Crippen LogP contribution is 2.53. The number of carbonyl (C=O) groups excluding carboxylic acids is 4. The first-order chi connectivity index (χ1) is 69.5. The zero-order valence-corrected chi connectivity index (χ0v) is 86.8. The van der Waals surface area contributed by atoms with E-state index in [1.807, 2.05) is 183 Å². The molecule has 146 heavy (non-hydrogen) atoms. The second-order valence-electron chi connectivity index (χ2n) is 42.8. The molecule has 12 aromatic carbocycles. The molecule has 1 fully saturated rings. The summed E-state index contributed by atoms with van der Waals surface area (Å²) in [4.78, 5) is 71.4. The summed E-state index contributed by atoms with van der Waals surface area (Å²) in [6, 6.07) is 54.2. The molecule has 0 N–H and O–H groups in total. The molecule has 0 spiro atoms. The Balaban J connectivity index is 0.000000128. The topological polar surface area (TPSA) is 194 Å². The Bertz CT molecular complexity index is 7880. The standard InChI is InChI=1S/C34H33NO3.C32H31NO3.2C30H29F2NO3/c1-20-18-25-19-23(9-8-22-6-7-22)10-11-26(25)31(29(20)33(21(2)36)38-34(3,4)5)27-12-13-28-30-24(15-17-37-28)14-16-35-32(27)30;1-7-8-21-9-10-24-23(18-21)17-19(2)27(31(20(3)34)36-32(4,5)6)29(24)25-11-12-26-28-22(14-16-35-26)13-15-33-30(25)28;2*1-16-14-20-15-19(29(31)32)6-7-21(20)26(24(16)28(17(2)34)36-30(3,4)5)22-8-9-23-25-18(11-13-35-23)10-12-33-27(22)25/h10-14,16,18-19,22,33H,6-7,15,17H2,1-5H3;9-13,15,17-18,31H,14,16H2,1-6H3;2*6-10,12,14-15,28-29H,11,13H2,1-5H3/t33-;31-;2*28-/m1111/s1. The van der Waals surface area contributed by atoms with Crippen LogP contribution >= 0.6 is 0 Å². The van der Waals surface area contributed by atoms with Crippen molar-refractivity contribution in [3.05, 3.63) is 284 Å². The van der Waals surface area contributed by atoms with E-state index in [4.69, 9.17) is 57.8 Å². The highest BCUT2D eigenvalue weighted by Gasteiger charge is 2.39. The smallest absolute Gasteiger partial charge is 0.263 e. The van der Waals surface area contributed by atoms with E-state index in [2.05, 4.69) is 104 Å². The highest BCUT2D eigenvalue weighted by atomic mass is 19.3. The van der Waals surface area contributed by atoms with Crippen molar-refractivity contribution in [2.75, 3.05) is 26.4 Å². The number of ketones is 4. The van der Waals surface area contributed by atoms with Crippen molar-refractivity contribution in [1.82, 2.24) is 19.9 Å². The van der Waals surface area contributed by atoms with Crippen molar-refractivity contribution < 1.29 is 74.6 Å². The van der Waals surface area contributed by atoms with Gasteiger partial charge in [0.1, 0.15) is 47.4 Å². The van der Waals surface area contributed by atoms with Gasteiger partial charge in [0.15, 0.2) is 23.1 Å². The number of ether oxygens (including phenoxy) is 8. The molecular weight excluding hydrogens is 1840 g/mol. The maximum Gasteiger partial charge on any atom is 0.263 e. The molecule has 16 nitrogen and oxygen atoms in total. The fourth-order valence-corrected chi connectivity index (χ4v) is 21.0. The number of rotatable bonds is 18. The minimum absolute atomic E-state index is 0.0189. The predicted molar refractivity (Wildman–Crippen MR) is 574 cm³/mol. The van der Waals surface area contributed by atoms with Gasteiger partial charge in [0, 0.05) is 122 Å². The second kappa shape index (κ2) is 40.7. The number of Topliss-reactive ketones (excluding diaryl/α,β-unsaturated/α-hetero) is 4. The first-order valence-electron chi connectivity index (χ1n) is 50.1. The molecular formula is C126H122F4N4O12. The van der Waals surface area contributed by atoms with Gasteiger partial charge in [0.25, 0.3) is 12.9 Å². The number of aryl methyl sites for hydroxylation is 4. The molecule has 5 aliphatic rings. The SMILES string of the molecule is CC#Cc1ccc2c(-c3ccc4c5c(ccnc35)CCO4)c([C@H](OC(C)(C)C)C(C)=O)c(C)cc2c1.CC(=O)[C@@H](OC(C)(C)C)c1c(C)cc2cc(C#CC3CC3)ccc2c1-c1ccc2c3c(ccnc13)CCO2.CC(=O)[C@@H](OC(C)(C)C)c1c(C)cc2cc(C(F)F)ccc2c1-c1ccc2c3c(ccnc13)CCO2.CC(=O)[C@@H](OC(C)(C)C)c1c(C)cc2cc(C(F)F)ccc2c1-c1ccc2c3c(ccnc13)CCO2. The first kappa shape index (κ1) is 102. The number of pyridine rings is 4. The van der Waals surface area contributed by atoms with Gasteiger partial charge in [-0.3, -0.25) is 39.1 Å². The van der Waals surface area contributed by atoms with Crippen LogP contribution < -0.4 is 18.9 Å². The van der Waals surface area contributed by atoms with E-state index in [1.54, 1.807) is 38.4 Å². The maximum atomic E-state index is 13.6. The quantitative estimate of drug-likeness (QED) is 0.0581. The molecule has 0 amide bonds. The van der Waals surface area contributed by atoms with Crippen molar-refractivity contribution in [3.63, 3.8) is 0 Å². The number of halogens is 4. The van der Waals surface area contributed by atoms with Crippen LogP contribution in [-0.2, 0) is 63.8 Å². The summed E-state index contributed by atoms with van der Waals surface area (Å²) in [6.45, 7) is 42.0. The van der Waals surface area contributed by atoms with E-state index >= 15 is 0 Å². The summed E-state index contributed by atoms with van der Waals surface area (Å²) < 4.78 is 104. The Morgan fingerprint density at radius 2 is 0.589 bits per heavy atom. The van der Waals surface area contributed by atoms with Gasteiger partial charge in [-0.2, -0.15) is 0 Å². The molecule has 8 heterocycles. The van der Waals surface area contributed by atoms with Crippen molar-refractivity contribution in [2.24, 2.45) is 5.92 Å². The molecule has 0 radical (unpaired) electrons. The Kier molecular flexibility index (Phi) is 28.4. The molecule has 1 aliphatic carbocycles. The van der Waals surface area contributed by atoms with Crippen LogP contribution in [0.25, 0.3) is 131 Å². The van der Waals surface area contributed by atoms with Crippen LogP contribution in [0.5, 0.6) is 23.0 Å². The molecule has 746 valence electrons. The number of alkyl halides is 4. The van der Waals surface area contributed by atoms with Crippen LogP contribution in [0.1, 0.15) is 257 Å². The average molecular weight is 1960 g/mol. The average Bonchev–Trinajstić information content (AvgIpc) is 1.17. The monoisotopic (exact) mass is 1960 g/mol. The highest BCUT2D eigenvalue weighted by molar-refractivity contribution is 6.14. The summed E-state index contributed by atoms with van der Waals surface area (Å²) in [5, 5.41) is 11.2. The van der Waals surface area contributed by atoms with E-state index < -0.39 is 59.7 Å². The minimum atomic E-state index is -2.58. The molecule has 0 bridgehead atoms. The predicted octanol–water partition coefficient (Wildman–Crippen LogP) is 30.0. The van der Waals surface area contributed by atoms with Gasteiger partial charge in [-0.25, -0.2) is 17.6 Å².